The van der Waals surface area contributed by atoms with Gasteiger partial charge in [0.1, 0.15) is 0 Å². The first kappa shape index (κ1) is 15.4. The van der Waals surface area contributed by atoms with Crippen molar-refractivity contribution in [2.75, 3.05) is 6.54 Å². The molecule has 0 radical (unpaired) electrons. The Morgan fingerprint density at radius 2 is 2.11 bits per heavy atom. The molecule has 4 nitrogen and oxygen atoms in total. The van der Waals surface area contributed by atoms with Gasteiger partial charge in [0.15, 0.2) is 0 Å². The number of benzene rings is 1. The highest BCUT2D eigenvalue weighted by Gasteiger charge is 2.33. The highest BCUT2D eigenvalue weighted by molar-refractivity contribution is 7.89. The number of sulfonamides is 1. The number of halogens is 1. The Morgan fingerprint density at radius 1 is 1.44 bits per heavy atom. The summed E-state index contributed by atoms with van der Waals surface area (Å²) in [5.41, 5.74) is 6.54. The van der Waals surface area contributed by atoms with E-state index in [4.69, 9.17) is 5.73 Å². The van der Waals surface area contributed by atoms with E-state index in [2.05, 4.69) is 4.72 Å². The van der Waals surface area contributed by atoms with E-state index < -0.39 is 10.0 Å². The Kier molecular flexibility index (Phi) is 5.16. The lowest BCUT2D eigenvalue weighted by molar-refractivity contribution is 0.519. The van der Waals surface area contributed by atoms with Gasteiger partial charge in [0, 0.05) is 12.6 Å². The molecule has 1 aliphatic carbocycles. The molecule has 0 spiro atoms. The Hall–Kier alpha value is -0.620. The number of hydrogen-bond acceptors (Lipinski definition) is 3. The van der Waals surface area contributed by atoms with Crippen LogP contribution in [0.5, 0.6) is 0 Å². The normalized spacial score (nSPS) is 17.0. The van der Waals surface area contributed by atoms with Crippen LogP contribution < -0.4 is 10.5 Å². The molecule has 3 N–H and O–H groups in total. The van der Waals surface area contributed by atoms with Gasteiger partial charge >= 0.3 is 0 Å². The third-order valence-corrected chi connectivity index (χ3v) is 4.54. The van der Waals surface area contributed by atoms with Crippen LogP contribution in [-0.2, 0) is 10.0 Å². The number of nitrogens with one attached hydrogen (secondary N) is 1. The standard InChI is InChI=1S/C12H18N2O2S.ClH/c1-9-3-2-4-11(7-9)17(15,16)14-12(8-13)10-5-6-10;/h2-4,7,10,12,14H,5-6,8,13H2,1H3;1H. The van der Waals surface area contributed by atoms with E-state index in [-0.39, 0.29) is 18.4 Å². The largest absolute Gasteiger partial charge is 0.329 e. The van der Waals surface area contributed by atoms with Gasteiger partial charge in [-0.2, -0.15) is 0 Å². The van der Waals surface area contributed by atoms with Gasteiger partial charge < -0.3 is 5.73 Å². The van der Waals surface area contributed by atoms with Gasteiger partial charge in [-0.3, -0.25) is 0 Å². The Balaban J connectivity index is 0.00000162. The highest BCUT2D eigenvalue weighted by atomic mass is 35.5. The zero-order valence-corrected chi connectivity index (χ0v) is 11.9. The van der Waals surface area contributed by atoms with Crippen LogP contribution in [0.2, 0.25) is 0 Å². The zero-order chi connectivity index (χ0) is 12.5. The van der Waals surface area contributed by atoms with Gasteiger partial charge in [0.2, 0.25) is 10.0 Å². The summed E-state index contributed by atoms with van der Waals surface area (Å²) < 4.78 is 26.9. The smallest absolute Gasteiger partial charge is 0.240 e. The number of rotatable bonds is 5. The summed E-state index contributed by atoms with van der Waals surface area (Å²) in [5.74, 6) is 0.416. The Bertz CT molecular complexity index is 501. The number of hydrogen-bond donors (Lipinski definition) is 2. The lowest BCUT2D eigenvalue weighted by atomic mass is 10.2. The maximum Gasteiger partial charge on any atom is 0.240 e. The molecular formula is C12H19ClN2O2S. The van der Waals surface area contributed by atoms with Crippen molar-refractivity contribution in [3.05, 3.63) is 29.8 Å². The summed E-state index contributed by atoms with van der Waals surface area (Å²) in [6, 6.07) is 6.78. The predicted molar refractivity (Wildman–Crippen MR) is 74.3 cm³/mol. The lowest BCUT2D eigenvalue weighted by Crippen LogP contribution is -2.41. The van der Waals surface area contributed by atoms with Crippen LogP contribution in [-0.4, -0.2) is 21.0 Å². The zero-order valence-electron chi connectivity index (χ0n) is 10.3. The van der Waals surface area contributed by atoms with Crippen LogP contribution in [0.4, 0.5) is 0 Å². The molecule has 1 atom stereocenters. The molecule has 1 aromatic rings. The maximum absolute atomic E-state index is 12.1. The number of nitrogens with two attached hydrogens (primary N) is 1. The van der Waals surface area contributed by atoms with Crippen LogP contribution in [0.1, 0.15) is 18.4 Å². The molecule has 1 fully saturated rings. The Labute approximate surface area is 114 Å². The summed E-state index contributed by atoms with van der Waals surface area (Å²) in [6.45, 7) is 2.23. The van der Waals surface area contributed by atoms with E-state index in [0.29, 0.717) is 17.4 Å². The quantitative estimate of drug-likeness (QED) is 0.862. The van der Waals surface area contributed by atoms with E-state index in [1.165, 1.54) is 0 Å². The molecule has 0 aliphatic heterocycles. The monoisotopic (exact) mass is 290 g/mol. The lowest BCUT2D eigenvalue weighted by Gasteiger charge is -2.16. The van der Waals surface area contributed by atoms with Gasteiger partial charge in [0.05, 0.1) is 4.90 Å². The van der Waals surface area contributed by atoms with E-state index in [1.54, 1.807) is 18.2 Å². The molecule has 6 heteroatoms. The average Bonchev–Trinajstić information content (AvgIpc) is 3.10. The summed E-state index contributed by atoms with van der Waals surface area (Å²) >= 11 is 0. The van der Waals surface area contributed by atoms with Crippen molar-refractivity contribution < 1.29 is 8.42 Å². The van der Waals surface area contributed by atoms with Gasteiger partial charge in [-0.1, -0.05) is 12.1 Å². The molecule has 0 heterocycles. The minimum Gasteiger partial charge on any atom is -0.329 e. The van der Waals surface area contributed by atoms with Gasteiger partial charge in [0.25, 0.3) is 0 Å². The molecule has 0 aromatic heterocycles. The van der Waals surface area contributed by atoms with Crippen LogP contribution >= 0.6 is 12.4 Å². The van der Waals surface area contributed by atoms with Crippen LogP contribution in [0.3, 0.4) is 0 Å². The average molecular weight is 291 g/mol. The molecule has 1 aromatic carbocycles. The van der Waals surface area contributed by atoms with Crippen molar-refractivity contribution in [3.8, 4) is 0 Å². The van der Waals surface area contributed by atoms with Crippen molar-refractivity contribution in [1.82, 2.24) is 4.72 Å². The van der Waals surface area contributed by atoms with Crippen LogP contribution in [0.15, 0.2) is 29.2 Å². The fourth-order valence-electron chi connectivity index (χ4n) is 1.89. The third kappa shape index (κ3) is 3.68. The summed E-state index contributed by atoms with van der Waals surface area (Å²) in [5, 5.41) is 0. The first-order valence-corrected chi connectivity index (χ1v) is 7.30. The molecule has 1 aliphatic rings. The summed E-state index contributed by atoms with van der Waals surface area (Å²) in [6.07, 6.45) is 2.14. The van der Waals surface area contributed by atoms with Gasteiger partial charge in [-0.15, -0.1) is 12.4 Å². The van der Waals surface area contributed by atoms with Crippen LogP contribution in [0.25, 0.3) is 0 Å². The molecule has 2 rings (SSSR count). The first-order chi connectivity index (χ1) is 8.03. The molecule has 0 saturated heterocycles. The fourth-order valence-corrected chi connectivity index (χ4v) is 3.31. The second-order valence-electron chi connectivity index (χ2n) is 4.62. The predicted octanol–water partition coefficient (Wildman–Crippen LogP) is 1.43. The van der Waals surface area contributed by atoms with E-state index in [1.807, 2.05) is 13.0 Å². The maximum atomic E-state index is 12.1. The Morgan fingerprint density at radius 3 is 2.61 bits per heavy atom. The minimum atomic E-state index is -3.43. The number of aryl methyl sites for hydroxylation is 1. The summed E-state index contributed by atoms with van der Waals surface area (Å²) in [4.78, 5) is 0.316. The second kappa shape index (κ2) is 6.02. The fraction of sp³-hybridized carbons (Fsp3) is 0.500. The SMILES string of the molecule is Cc1cccc(S(=O)(=O)NC(CN)C2CC2)c1.Cl. The van der Waals surface area contributed by atoms with E-state index in [0.717, 1.165) is 18.4 Å². The van der Waals surface area contributed by atoms with Crippen molar-refractivity contribution >= 4 is 22.4 Å². The van der Waals surface area contributed by atoms with Gasteiger partial charge in [-0.25, -0.2) is 13.1 Å². The van der Waals surface area contributed by atoms with Crippen molar-refractivity contribution in [2.24, 2.45) is 11.7 Å². The minimum absolute atomic E-state index is 0. The second-order valence-corrected chi connectivity index (χ2v) is 6.33. The van der Waals surface area contributed by atoms with Gasteiger partial charge in [-0.05, 0) is 43.4 Å². The molecule has 1 saturated carbocycles. The molecule has 1 unspecified atom stereocenters. The molecular weight excluding hydrogens is 272 g/mol. The van der Waals surface area contributed by atoms with E-state index >= 15 is 0 Å². The molecule has 0 bridgehead atoms. The van der Waals surface area contributed by atoms with E-state index in [9.17, 15) is 8.42 Å². The molecule has 102 valence electrons. The van der Waals surface area contributed by atoms with Crippen molar-refractivity contribution in [1.29, 1.82) is 0 Å². The van der Waals surface area contributed by atoms with Crippen molar-refractivity contribution in [2.45, 2.75) is 30.7 Å². The van der Waals surface area contributed by atoms with Crippen molar-refractivity contribution in [3.63, 3.8) is 0 Å². The topological polar surface area (TPSA) is 72.2 Å². The first-order valence-electron chi connectivity index (χ1n) is 5.82. The molecule has 18 heavy (non-hydrogen) atoms. The molecule has 0 amide bonds. The third-order valence-electron chi connectivity index (χ3n) is 3.05. The highest BCUT2D eigenvalue weighted by Crippen LogP contribution is 2.32. The summed E-state index contributed by atoms with van der Waals surface area (Å²) in [7, 11) is -3.43. The van der Waals surface area contributed by atoms with Crippen LogP contribution in [0, 0.1) is 12.8 Å².